The zero-order valence-corrected chi connectivity index (χ0v) is 18.6. The number of aromatic amines is 1. The van der Waals surface area contributed by atoms with Gasteiger partial charge in [-0.25, -0.2) is 4.68 Å². The molecule has 0 aliphatic heterocycles. The van der Waals surface area contributed by atoms with Crippen molar-refractivity contribution in [1.82, 2.24) is 25.0 Å². The van der Waals surface area contributed by atoms with Gasteiger partial charge in [-0.3, -0.25) is 14.9 Å². The van der Waals surface area contributed by atoms with Gasteiger partial charge in [0.05, 0.1) is 40.8 Å². The minimum Gasteiger partial charge on any atom is -0.496 e. The lowest BCUT2D eigenvalue weighted by molar-refractivity contribution is 0.103. The number of nitrogens with zero attached hydrogens (tertiary/aromatic N) is 4. The van der Waals surface area contributed by atoms with Crippen molar-refractivity contribution in [2.24, 2.45) is 0 Å². The Morgan fingerprint density at radius 1 is 1.18 bits per heavy atom. The third-order valence-corrected chi connectivity index (χ3v) is 5.71. The Kier molecular flexibility index (Phi) is 5.27. The summed E-state index contributed by atoms with van der Waals surface area (Å²) in [5.74, 6) is 0.897. The second kappa shape index (κ2) is 8.40. The van der Waals surface area contributed by atoms with Crippen molar-refractivity contribution < 1.29 is 9.53 Å². The summed E-state index contributed by atoms with van der Waals surface area (Å²) in [4.78, 5) is 17.0. The van der Waals surface area contributed by atoms with E-state index in [2.05, 4.69) is 25.6 Å². The molecule has 0 aliphatic carbocycles. The summed E-state index contributed by atoms with van der Waals surface area (Å²) in [6, 6.07) is 14.3. The van der Waals surface area contributed by atoms with Crippen molar-refractivity contribution in [3.05, 3.63) is 89.0 Å². The number of aromatic nitrogens is 5. The van der Waals surface area contributed by atoms with Crippen LogP contribution in [0.15, 0.2) is 67.1 Å². The number of carbonyl (C=O) groups is 1. The van der Waals surface area contributed by atoms with E-state index in [0.29, 0.717) is 27.8 Å². The highest BCUT2D eigenvalue weighted by Gasteiger charge is 2.17. The molecule has 0 saturated carbocycles. The van der Waals surface area contributed by atoms with Crippen LogP contribution in [0.25, 0.3) is 16.6 Å². The number of methoxy groups -OCH3 is 1. The number of carbonyl (C=O) groups excluding carboxylic acids is 1. The van der Waals surface area contributed by atoms with E-state index in [1.807, 2.05) is 31.3 Å². The summed E-state index contributed by atoms with van der Waals surface area (Å²) in [5.41, 5.74) is 4.05. The molecule has 0 spiro atoms. The first-order chi connectivity index (χ1) is 16.0. The number of H-pyrrole nitrogens is 1. The number of anilines is 2. The lowest BCUT2D eigenvalue weighted by Gasteiger charge is -2.10. The number of aryl methyl sites for hydroxylation is 1. The second-order valence-corrected chi connectivity index (χ2v) is 7.80. The van der Waals surface area contributed by atoms with Crippen molar-refractivity contribution in [2.75, 3.05) is 12.4 Å². The molecule has 0 saturated heterocycles. The highest BCUT2D eigenvalue weighted by molar-refractivity contribution is 6.38. The van der Waals surface area contributed by atoms with E-state index in [9.17, 15) is 4.79 Å². The van der Waals surface area contributed by atoms with E-state index in [4.69, 9.17) is 16.3 Å². The van der Waals surface area contributed by atoms with E-state index in [0.717, 1.165) is 27.8 Å². The molecule has 33 heavy (non-hydrogen) atoms. The number of halogens is 1. The first-order valence-corrected chi connectivity index (χ1v) is 10.5. The SMILES string of the molecule is COc1cc(-n2cc(C)c(Nc3ccc4[nH]ncc4c3Cl)n2)ccc1C(=O)c1ccccn1. The van der Waals surface area contributed by atoms with Gasteiger partial charge in [0.1, 0.15) is 11.4 Å². The maximum Gasteiger partial charge on any atom is 0.215 e. The molecule has 164 valence electrons. The van der Waals surface area contributed by atoms with Gasteiger partial charge in [-0.05, 0) is 43.3 Å². The Morgan fingerprint density at radius 3 is 2.85 bits per heavy atom. The summed E-state index contributed by atoms with van der Waals surface area (Å²) in [7, 11) is 1.53. The smallest absolute Gasteiger partial charge is 0.215 e. The maximum atomic E-state index is 12.8. The number of pyridine rings is 1. The molecular weight excluding hydrogens is 440 g/mol. The predicted molar refractivity (Wildman–Crippen MR) is 127 cm³/mol. The third-order valence-electron chi connectivity index (χ3n) is 5.30. The summed E-state index contributed by atoms with van der Waals surface area (Å²) < 4.78 is 7.22. The maximum absolute atomic E-state index is 12.8. The molecule has 2 aromatic carbocycles. The van der Waals surface area contributed by atoms with Gasteiger partial charge in [-0.1, -0.05) is 17.7 Å². The highest BCUT2D eigenvalue weighted by atomic mass is 35.5. The van der Waals surface area contributed by atoms with Crippen molar-refractivity contribution in [2.45, 2.75) is 6.92 Å². The Bertz CT molecular complexity index is 1480. The van der Waals surface area contributed by atoms with E-state index in [1.54, 1.807) is 47.4 Å². The van der Waals surface area contributed by atoms with Gasteiger partial charge in [0.25, 0.3) is 0 Å². The number of benzene rings is 2. The van der Waals surface area contributed by atoms with Crippen molar-refractivity contribution in [1.29, 1.82) is 0 Å². The number of hydrogen-bond donors (Lipinski definition) is 2. The highest BCUT2D eigenvalue weighted by Crippen LogP contribution is 2.33. The molecule has 0 unspecified atom stereocenters. The molecule has 3 aromatic heterocycles. The van der Waals surface area contributed by atoms with Crippen LogP contribution >= 0.6 is 11.6 Å². The Hall–Kier alpha value is -4.17. The number of rotatable bonds is 6. The van der Waals surface area contributed by atoms with E-state index >= 15 is 0 Å². The van der Waals surface area contributed by atoms with Crippen LogP contribution in [0.4, 0.5) is 11.5 Å². The third kappa shape index (κ3) is 3.81. The molecule has 0 atom stereocenters. The largest absolute Gasteiger partial charge is 0.496 e. The fraction of sp³-hybridized carbons (Fsp3) is 0.0833. The lowest BCUT2D eigenvalue weighted by atomic mass is 10.1. The number of ketones is 1. The molecular formula is C24H19ClN6O2. The first kappa shape index (κ1) is 20.7. The van der Waals surface area contributed by atoms with Crippen LogP contribution in [0.5, 0.6) is 5.75 Å². The van der Waals surface area contributed by atoms with Gasteiger partial charge >= 0.3 is 0 Å². The standard InChI is InChI=1S/C24H19ClN6O2/c1-14-13-31(30-24(14)28-19-9-8-18-17(22(19)25)12-27-29-18)15-6-7-16(21(11-15)33-2)23(32)20-5-3-4-10-26-20/h3-13H,1-2H3,(H,27,29)(H,28,30). The van der Waals surface area contributed by atoms with Crippen LogP contribution in [0.2, 0.25) is 5.02 Å². The topological polar surface area (TPSA) is 97.7 Å². The molecule has 5 aromatic rings. The number of hydrogen-bond acceptors (Lipinski definition) is 6. The van der Waals surface area contributed by atoms with Crippen LogP contribution in [-0.4, -0.2) is 37.9 Å². The second-order valence-electron chi connectivity index (χ2n) is 7.42. The van der Waals surface area contributed by atoms with Gasteiger partial charge < -0.3 is 10.1 Å². The van der Waals surface area contributed by atoms with Gasteiger partial charge in [-0.2, -0.15) is 5.10 Å². The van der Waals surface area contributed by atoms with Crippen molar-refractivity contribution >= 4 is 39.8 Å². The first-order valence-electron chi connectivity index (χ1n) is 10.1. The average molecular weight is 459 g/mol. The molecule has 0 bridgehead atoms. The van der Waals surface area contributed by atoms with Gasteiger partial charge in [0, 0.05) is 29.4 Å². The number of nitrogens with one attached hydrogen (secondary N) is 2. The molecule has 5 rings (SSSR count). The minimum atomic E-state index is -0.206. The summed E-state index contributed by atoms with van der Waals surface area (Å²) >= 11 is 6.54. The van der Waals surface area contributed by atoms with Crippen LogP contribution in [-0.2, 0) is 0 Å². The Balaban J connectivity index is 1.46. The van der Waals surface area contributed by atoms with E-state index in [-0.39, 0.29) is 5.78 Å². The minimum absolute atomic E-state index is 0.206. The molecule has 2 N–H and O–H groups in total. The quantitative estimate of drug-likeness (QED) is 0.344. The lowest BCUT2D eigenvalue weighted by Crippen LogP contribution is -2.07. The molecule has 8 nitrogen and oxygen atoms in total. The summed E-state index contributed by atoms with van der Waals surface area (Å²) in [6.07, 6.45) is 5.17. The van der Waals surface area contributed by atoms with Crippen molar-refractivity contribution in [3.63, 3.8) is 0 Å². The van der Waals surface area contributed by atoms with Crippen LogP contribution in [0.3, 0.4) is 0 Å². The summed E-state index contributed by atoms with van der Waals surface area (Å²) in [5, 5.41) is 16.3. The zero-order chi connectivity index (χ0) is 22.9. The fourth-order valence-corrected chi connectivity index (χ4v) is 3.83. The monoisotopic (exact) mass is 458 g/mol. The van der Waals surface area contributed by atoms with E-state index in [1.165, 1.54) is 7.11 Å². The number of fused-ring (bicyclic) bond motifs is 1. The zero-order valence-electron chi connectivity index (χ0n) is 17.8. The van der Waals surface area contributed by atoms with Crippen LogP contribution in [0.1, 0.15) is 21.6 Å². The fourth-order valence-electron chi connectivity index (χ4n) is 3.57. The Labute approximate surface area is 194 Å². The van der Waals surface area contributed by atoms with Crippen LogP contribution < -0.4 is 10.1 Å². The molecule has 0 aliphatic rings. The molecule has 0 amide bonds. The van der Waals surface area contributed by atoms with Crippen molar-refractivity contribution in [3.8, 4) is 11.4 Å². The molecule has 0 fully saturated rings. The molecule has 9 heteroatoms. The van der Waals surface area contributed by atoms with Gasteiger partial charge in [0.15, 0.2) is 5.82 Å². The van der Waals surface area contributed by atoms with Gasteiger partial charge in [-0.15, -0.1) is 5.10 Å². The van der Waals surface area contributed by atoms with Gasteiger partial charge in [0.2, 0.25) is 5.78 Å². The molecule has 3 heterocycles. The summed E-state index contributed by atoms with van der Waals surface area (Å²) in [6.45, 7) is 1.95. The van der Waals surface area contributed by atoms with Crippen LogP contribution in [0, 0.1) is 6.92 Å². The Morgan fingerprint density at radius 2 is 2.06 bits per heavy atom. The van der Waals surface area contributed by atoms with E-state index < -0.39 is 0 Å². The average Bonchev–Trinajstić information content (AvgIpc) is 3.48. The normalized spacial score (nSPS) is 11.0. The predicted octanol–water partition coefficient (Wildman–Crippen LogP) is 5.09. The molecule has 0 radical (unpaired) electrons. The number of ether oxygens (including phenoxy) is 1.